The van der Waals surface area contributed by atoms with Gasteiger partial charge in [-0.15, -0.1) is 10.2 Å². The highest BCUT2D eigenvalue weighted by Crippen LogP contribution is 2.32. The van der Waals surface area contributed by atoms with Crippen LogP contribution in [0.25, 0.3) is 0 Å². The number of anilines is 2. The number of amides is 3. The van der Waals surface area contributed by atoms with E-state index in [9.17, 15) is 9.59 Å². The Hall–Kier alpha value is -3.66. The summed E-state index contributed by atoms with van der Waals surface area (Å²) in [6.07, 6.45) is 1.50. The molecule has 178 valence electrons. The van der Waals surface area contributed by atoms with Crippen molar-refractivity contribution in [2.24, 2.45) is 0 Å². The molecule has 34 heavy (non-hydrogen) atoms. The average molecular weight is 482 g/mol. The van der Waals surface area contributed by atoms with Crippen molar-refractivity contribution < 1.29 is 19.1 Å². The van der Waals surface area contributed by atoms with Crippen LogP contribution in [0.4, 0.5) is 16.2 Å². The fourth-order valence-corrected chi connectivity index (χ4v) is 4.65. The predicted octanol–water partition coefficient (Wildman–Crippen LogP) is 4.53. The summed E-state index contributed by atoms with van der Waals surface area (Å²) in [5.41, 5.74) is 2.43. The lowest BCUT2D eigenvalue weighted by molar-refractivity contribution is 0.102. The van der Waals surface area contributed by atoms with Crippen LogP contribution >= 0.6 is 11.3 Å². The summed E-state index contributed by atoms with van der Waals surface area (Å²) in [4.78, 5) is 27.1. The van der Waals surface area contributed by atoms with Crippen LogP contribution in [-0.4, -0.2) is 54.3 Å². The van der Waals surface area contributed by atoms with E-state index in [0.29, 0.717) is 35.3 Å². The van der Waals surface area contributed by atoms with Crippen LogP contribution in [0.3, 0.4) is 0 Å². The van der Waals surface area contributed by atoms with E-state index in [0.717, 1.165) is 29.1 Å². The molecule has 10 heteroatoms. The summed E-state index contributed by atoms with van der Waals surface area (Å²) in [5, 5.41) is 15.3. The molecule has 2 aromatic carbocycles. The van der Waals surface area contributed by atoms with Crippen molar-refractivity contribution in [2.75, 3.05) is 37.9 Å². The smallest absolute Gasteiger partial charge is 0.321 e. The van der Waals surface area contributed by atoms with Gasteiger partial charge in [0.2, 0.25) is 5.01 Å². The van der Waals surface area contributed by atoms with Gasteiger partial charge in [-0.2, -0.15) is 0 Å². The molecule has 3 amide bonds. The number of methoxy groups -OCH3 is 2. The lowest BCUT2D eigenvalue weighted by Crippen LogP contribution is -2.40. The number of rotatable bonds is 6. The van der Waals surface area contributed by atoms with Gasteiger partial charge < -0.3 is 25.0 Å². The molecule has 0 radical (unpaired) electrons. The quantitative estimate of drug-likeness (QED) is 0.536. The zero-order chi connectivity index (χ0) is 24.1. The Labute approximate surface area is 202 Å². The van der Waals surface area contributed by atoms with Crippen LogP contribution in [0.1, 0.15) is 39.1 Å². The summed E-state index contributed by atoms with van der Waals surface area (Å²) in [6.45, 7) is 3.16. The summed E-state index contributed by atoms with van der Waals surface area (Å²) in [7, 11) is 3.13. The third-order valence-corrected chi connectivity index (χ3v) is 6.81. The summed E-state index contributed by atoms with van der Waals surface area (Å²) < 4.78 is 10.6. The number of nitrogens with zero attached hydrogens (tertiary/aromatic N) is 3. The Morgan fingerprint density at radius 2 is 1.74 bits per heavy atom. The maximum atomic E-state index is 12.8. The number of carbonyl (C=O) groups is 2. The first kappa shape index (κ1) is 23.5. The van der Waals surface area contributed by atoms with Crippen LogP contribution < -0.4 is 20.1 Å². The van der Waals surface area contributed by atoms with E-state index in [2.05, 4.69) is 20.8 Å². The lowest BCUT2D eigenvalue weighted by Gasteiger charge is -2.31. The van der Waals surface area contributed by atoms with Gasteiger partial charge in [0.25, 0.3) is 5.91 Å². The third-order valence-electron chi connectivity index (χ3n) is 5.73. The number of piperidine rings is 1. The van der Waals surface area contributed by atoms with Gasteiger partial charge in [0.1, 0.15) is 16.5 Å². The topological polar surface area (TPSA) is 106 Å². The van der Waals surface area contributed by atoms with E-state index in [1.54, 1.807) is 37.3 Å². The molecular weight excluding hydrogens is 454 g/mol. The van der Waals surface area contributed by atoms with Crippen LogP contribution in [0.5, 0.6) is 11.5 Å². The fraction of sp³-hybridized carbons (Fsp3) is 0.333. The number of urea groups is 1. The number of benzene rings is 2. The van der Waals surface area contributed by atoms with Crippen molar-refractivity contribution in [1.29, 1.82) is 0 Å². The number of likely N-dealkylation sites (tertiary alicyclic amines) is 1. The lowest BCUT2D eigenvalue weighted by atomic mass is 9.98. The Morgan fingerprint density at radius 1 is 1.00 bits per heavy atom. The highest BCUT2D eigenvalue weighted by molar-refractivity contribution is 7.13. The number of ether oxygens (including phenoxy) is 2. The second kappa shape index (κ2) is 10.5. The fourth-order valence-electron chi connectivity index (χ4n) is 3.74. The molecule has 1 saturated heterocycles. The van der Waals surface area contributed by atoms with Gasteiger partial charge in [-0.25, -0.2) is 4.79 Å². The molecule has 2 N–H and O–H groups in total. The largest absolute Gasteiger partial charge is 0.497 e. The minimum Gasteiger partial charge on any atom is -0.497 e. The first-order chi connectivity index (χ1) is 16.5. The van der Waals surface area contributed by atoms with Crippen molar-refractivity contribution in [3.05, 3.63) is 58.0 Å². The van der Waals surface area contributed by atoms with Gasteiger partial charge in [0.05, 0.1) is 19.9 Å². The first-order valence-corrected chi connectivity index (χ1v) is 11.8. The molecule has 1 fully saturated rings. The summed E-state index contributed by atoms with van der Waals surface area (Å²) >= 11 is 1.31. The van der Waals surface area contributed by atoms with Gasteiger partial charge in [0, 0.05) is 30.8 Å². The second-order valence-electron chi connectivity index (χ2n) is 8.02. The number of carbonyl (C=O) groups excluding carboxylic acids is 2. The molecule has 0 atom stereocenters. The molecule has 1 aliphatic heterocycles. The molecule has 9 nitrogen and oxygen atoms in total. The van der Waals surface area contributed by atoms with E-state index in [4.69, 9.17) is 9.47 Å². The van der Waals surface area contributed by atoms with E-state index >= 15 is 0 Å². The van der Waals surface area contributed by atoms with Crippen molar-refractivity contribution in [1.82, 2.24) is 15.1 Å². The average Bonchev–Trinajstić information content (AvgIpc) is 3.36. The molecule has 1 aromatic heterocycles. The molecule has 0 unspecified atom stereocenters. The zero-order valence-electron chi connectivity index (χ0n) is 19.3. The van der Waals surface area contributed by atoms with Crippen LogP contribution in [0.2, 0.25) is 0 Å². The van der Waals surface area contributed by atoms with Crippen LogP contribution in [-0.2, 0) is 0 Å². The maximum Gasteiger partial charge on any atom is 0.321 e. The molecule has 1 aliphatic rings. The van der Waals surface area contributed by atoms with E-state index in [1.807, 2.05) is 31.2 Å². The van der Waals surface area contributed by atoms with Crippen molar-refractivity contribution in [3.8, 4) is 11.5 Å². The normalized spacial score (nSPS) is 13.9. The van der Waals surface area contributed by atoms with E-state index in [-0.39, 0.29) is 17.9 Å². The first-order valence-electron chi connectivity index (χ1n) is 11.0. The molecule has 0 aliphatic carbocycles. The Kier molecular flexibility index (Phi) is 7.27. The number of aromatic nitrogens is 2. The molecule has 2 heterocycles. The Balaban J connectivity index is 1.31. The van der Waals surface area contributed by atoms with Crippen molar-refractivity contribution in [3.63, 3.8) is 0 Å². The Morgan fingerprint density at radius 3 is 2.41 bits per heavy atom. The van der Waals surface area contributed by atoms with Gasteiger partial charge in [-0.3, -0.25) is 4.79 Å². The van der Waals surface area contributed by atoms with Crippen LogP contribution in [0, 0.1) is 6.92 Å². The Bertz CT molecular complexity index is 1160. The highest BCUT2D eigenvalue weighted by atomic mass is 32.1. The second-order valence-corrected chi connectivity index (χ2v) is 9.03. The molecule has 0 saturated carbocycles. The van der Waals surface area contributed by atoms with Gasteiger partial charge in [-0.05, 0) is 44.0 Å². The van der Waals surface area contributed by atoms with Crippen molar-refractivity contribution >= 4 is 34.6 Å². The number of nitrogens with one attached hydrogen (secondary N) is 2. The summed E-state index contributed by atoms with van der Waals surface area (Å²) in [5.74, 6) is 1.09. The molecule has 0 spiro atoms. The number of hydrogen-bond donors (Lipinski definition) is 2. The minimum atomic E-state index is -0.266. The maximum absolute atomic E-state index is 12.8. The molecule has 3 aromatic rings. The van der Waals surface area contributed by atoms with E-state index < -0.39 is 0 Å². The SMILES string of the molecule is COc1ccc(NC(=O)N2CCC(c3nnc(C(=O)Nc4ccc(C)cc4)s3)CC2)c(OC)c1. The monoisotopic (exact) mass is 481 g/mol. The number of hydrogen-bond acceptors (Lipinski definition) is 7. The van der Waals surface area contributed by atoms with Crippen molar-refractivity contribution in [2.45, 2.75) is 25.7 Å². The molecule has 4 rings (SSSR count). The minimum absolute atomic E-state index is 0.165. The third kappa shape index (κ3) is 5.45. The van der Waals surface area contributed by atoms with Gasteiger partial charge in [-0.1, -0.05) is 29.0 Å². The predicted molar refractivity (Wildman–Crippen MR) is 131 cm³/mol. The summed E-state index contributed by atoms with van der Waals surface area (Å²) in [6, 6.07) is 12.7. The molecular formula is C24H27N5O4S. The zero-order valence-corrected chi connectivity index (χ0v) is 20.1. The van der Waals surface area contributed by atoms with Crippen LogP contribution in [0.15, 0.2) is 42.5 Å². The van der Waals surface area contributed by atoms with Gasteiger partial charge in [0.15, 0.2) is 0 Å². The van der Waals surface area contributed by atoms with E-state index in [1.165, 1.54) is 11.3 Å². The highest BCUT2D eigenvalue weighted by Gasteiger charge is 2.27. The van der Waals surface area contributed by atoms with Gasteiger partial charge >= 0.3 is 6.03 Å². The molecule has 0 bridgehead atoms. The standard InChI is InChI=1S/C24H27N5O4S/c1-15-4-6-17(7-5-15)25-21(30)23-28-27-22(34-23)16-10-12-29(13-11-16)24(31)26-19-9-8-18(32-2)14-20(19)33-3/h4-9,14,16H,10-13H2,1-3H3,(H,25,30)(H,26,31). The number of aryl methyl sites for hydroxylation is 1.